The third-order valence-electron chi connectivity index (χ3n) is 3.64. The summed E-state index contributed by atoms with van der Waals surface area (Å²) in [7, 11) is 1.55. The molecule has 26 heavy (non-hydrogen) atoms. The maximum absolute atomic E-state index is 13.3. The van der Waals surface area contributed by atoms with E-state index in [4.69, 9.17) is 14.2 Å². The SMILES string of the molecule is CCCOc1ccc(/C=C2\N=C(c3cccc(F)c3)OC2=O)cc1OC. The second kappa shape index (κ2) is 7.82. The van der Waals surface area contributed by atoms with E-state index in [1.165, 1.54) is 18.2 Å². The van der Waals surface area contributed by atoms with Crippen LogP contribution in [0, 0.1) is 5.82 Å². The van der Waals surface area contributed by atoms with E-state index in [-0.39, 0.29) is 11.6 Å². The van der Waals surface area contributed by atoms with Gasteiger partial charge in [-0.05, 0) is 48.4 Å². The van der Waals surface area contributed by atoms with Gasteiger partial charge in [-0.25, -0.2) is 14.2 Å². The van der Waals surface area contributed by atoms with Gasteiger partial charge in [-0.3, -0.25) is 0 Å². The van der Waals surface area contributed by atoms with Crippen LogP contribution in [0.4, 0.5) is 4.39 Å². The molecule has 0 unspecified atom stereocenters. The van der Waals surface area contributed by atoms with Crippen LogP contribution >= 0.6 is 0 Å². The molecule has 2 aromatic rings. The average molecular weight is 355 g/mol. The Labute approximate surface area is 150 Å². The highest BCUT2D eigenvalue weighted by atomic mass is 19.1. The predicted molar refractivity (Wildman–Crippen MR) is 95.8 cm³/mol. The van der Waals surface area contributed by atoms with Crippen LogP contribution < -0.4 is 9.47 Å². The lowest BCUT2D eigenvalue weighted by atomic mass is 10.1. The summed E-state index contributed by atoms with van der Waals surface area (Å²) in [5.41, 5.74) is 1.25. The molecular weight excluding hydrogens is 337 g/mol. The van der Waals surface area contributed by atoms with Gasteiger partial charge in [-0.15, -0.1) is 0 Å². The molecule has 0 saturated carbocycles. The zero-order valence-electron chi connectivity index (χ0n) is 14.5. The fraction of sp³-hybridized carbons (Fsp3) is 0.200. The topological polar surface area (TPSA) is 57.1 Å². The van der Waals surface area contributed by atoms with E-state index in [0.29, 0.717) is 29.2 Å². The summed E-state index contributed by atoms with van der Waals surface area (Å²) < 4.78 is 29.4. The lowest BCUT2D eigenvalue weighted by Crippen LogP contribution is -2.05. The zero-order chi connectivity index (χ0) is 18.5. The van der Waals surface area contributed by atoms with E-state index < -0.39 is 11.8 Å². The first-order valence-corrected chi connectivity index (χ1v) is 8.20. The first-order chi connectivity index (χ1) is 12.6. The highest BCUT2D eigenvalue weighted by Gasteiger charge is 2.24. The molecule has 5 nitrogen and oxygen atoms in total. The van der Waals surface area contributed by atoms with Gasteiger partial charge in [0, 0.05) is 5.56 Å². The van der Waals surface area contributed by atoms with Gasteiger partial charge in [0.1, 0.15) is 5.82 Å². The molecule has 0 amide bonds. The van der Waals surface area contributed by atoms with E-state index in [9.17, 15) is 9.18 Å². The number of cyclic esters (lactones) is 1. The fourth-order valence-corrected chi connectivity index (χ4v) is 2.42. The Bertz CT molecular complexity index is 889. The Morgan fingerprint density at radius 3 is 2.77 bits per heavy atom. The van der Waals surface area contributed by atoms with E-state index in [2.05, 4.69) is 4.99 Å². The maximum Gasteiger partial charge on any atom is 0.363 e. The molecule has 2 aromatic carbocycles. The molecule has 0 atom stereocenters. The highest BCUT2D eigenvalue weighted by Crippen LogP contribution is 2.30. The van der Waals surface area contributed by atoms with Gasteiger partial charge >= 0.3 is 5.97 Å². The van der Waals surface area contributed by atoms with Crippen molar-refractivity contribution in [3.8, 4) is 11.5 Å². The van der Waals surface area contributed by atoms with Gasteiger partial charge in [0.25, 0.3) is 0 Å². The van der Waals surface area contributed by atoms with Crippen molar-refractivity contribution in [2.24, 2.45) is 4.99 Å². The number of nitrogens with zero attached hydrogens (tertiary/aromatic N) is 1. The number of ether oxygens (including phenoxy) is 3. The smallest absolute Gasteiger partial charge is 0.363 e. The zero-order valence-corrected chi connectivity index (χ0v) is 14.5. The van der Waals surface area contributed by atoms with Crippen molar-refractivity contribution in [3.05, 3.63) is 65.1 Å². The molecule has 0 saturated heterocycles. The Balaban J connectivity index is 1.88. The third kappa shape index (κ3) is 3.91. The monoisotopic (exact) mass is 355 g/mol. The predicted octanol–water partition coefficient (Wildman–Crippen LogP) is 3.97. The van der Waals surface area contributed by atoms with Crippen LogP contribution in [0.5, 0.6) is 11.5 Å². The minimum Gasteiger partial charge on any atom is -0.493 e. The van der Waals surface area contributed by atoms with E-state index in [0.717, 1.165) is 6.42 Å². The van der Waals surface area contributed by atoms with Crippen molar-refractivity contribution in [2.75, 3.05) is 13.7 Å². The van der Waals surface area contributed by atoms with Crippen molar-refractivity contribution >= 4 is 17.9 Å². The number of benzene rings is 2. The van der Waals surface area contributed by atoms with Crippen LogP contribution in [0.2, 0.25) is 0 Å². The van der Waals surface area contributed by atoms with E-state index >= 15 is 0 Å². The molecule has 0 aliphatic carbocycles. The molecule has 0 N–H and O–H groups in total. The molecule has 0 spiro atoms. The fourth-order valence-electron chi connectivity index (χ4n) is 2.42. The second-order valence-corrected chi connectivity index (χ2v) is 5.61. The molecule has 0 bridgehead atoms. The number of carbonyl (C=O) groups is 1. The number of rotatable bonds is 6. The molecule has 1 heterocycles. The summed E-state index contributed by atoms with van der Waals surface area (Å²) in [5.74, 6) is 0.263. The van der Waals surface area contributed by atoms with Gasteiger partial charge in [0.05, 0.1) is 13.7 Å². The molecule has 1 aliphatic rings. The van der Waals surface area contributed by atoms with Gasteiger partial charge in [0.15, 0.2) is 17.2 Å². The van der Waals surface area contributed by atoms with Crippen LogP contribution in [0.1, 0.15) is 24.5 Å². The van der Waals surface area contributed by atoms with Gasteiger partial charge in [-0.1, -0.05) is 19.1 Å². The first kappa shape index (κ1) is 17.7. The Morgan fingerprint density at radius 2 is 2.04 bits per heavy atom. The van der Waals surface area contributed by atoms with Crippen molar-refractivity contribution in [1.82, 2.24) is 0 Å². The van der Waals surface area contributed by atoms with Crippen molar-refractivity contribution in [2.45, 2.75) is 13.3 Å². The number of halogens is 1. The first-order valence-electron chi connectivity index (χ1n) is 8.20. The quantitative estimate of drug-likeness (QED) is 0.581. The second-order valence-electron chi connectivity index (χ2n) is 5.61. The maximum atomic E-state index is 13.3. The third-order valence-corrected chi connectivity index (χ3v) is 3.64. The lowest BCUT2D eigenvalue weighted by molar-refractivity contribution is -0.129. The van der Waals surface area contributed by atoms with Crippen LogP contribution in [-0.4, -0.2) is 25.6 Å². The summed E-state index contributed by atoms with van der Waals surface area (Å²) in [6.07, 6.45) is 2.47. The number of carbonyl (C=O) groups excluding carboxylic acids is 1. The Hall–Kier alpha value is -3.15. The van der Waals surface area contributed by atoms with Crippen LogP contribution in [-0.2, 0) is 9.53 Å². The summed E-state index contributed by atoms with van der Waals surface area (Å²) in [6.45, 7) is 2.61. The summed E-state index contributed by atoms with van der Waals surface area (Å²) >= 11 is 0. The van der Waals surface area contributed by atoms with Crippen LogP contribution in [0.3, 0.4) is 0 Å². The number of methoxy groups -OCH3 is 1. The largest absolute Gasteiger partial charge is 0.493 e. The van der Waals surface area contributed by atoms with Crippen molar-refractivity contribution in [3.63, 3.8) is 0 Å². The minimum atomic E-state index is -0.588. The molecule has 6 heteroatoms. The molecule has 1 aliphatic heterocycles. The van der Waals surface area contributed by atoms with Crippen LogP contribution in [0.15, 0.2) is 53.2 Å². The lowest BCUT2D eigenvalue weighted by Gasteiger charge is -2.10. The number of esters is 1. The molecular formula is C20H18FNO4. The number of aliphatic imine (C=N–C) groups is 1. The summed E-state index contributed by atoms with van der Waals surface area (Å²) in [4.78, 5) is 16.2. The summed E-state index contributed by atoms with van der Waals surface area (Å²) in [5, 5.41) is 0. The molecule has 0 fully saturated rings. The Morgan fingerprint density at radius 1 is 1.19 bits per heavy atom. The minimum absolute atomic E-state index is 0.0793. The molecule has 134 valence electrons. The van der Waals surface area contributed by atoms with Crippen molar-refractivity contribution < 1.29 is 23.4 Å². The van der Waals surface area contributed by atoms with E-state index in [1.807, 2.05) is 6.92 Å². The van der Waals surface area contributed by atoms with Crippen molar-refractivity contribution in [1.29, 1.82) is 0 Å². The highest BCUT2D eigenvalue weighted by molar-refractivity contribution is 6.12. The number of hydrogen-bond acceptors (Lipinski definition) is 5. The average Bonchev–Trinajstić information content (AvgIpc) is 3.01. The molecule has 0 aromatic heterocycles. The Kier molecular flexibility index (Phi) is 5.31. The summed E-state index contributed by atoms with van der Waals surface area (Å²) in [6, 6.07) is 11.1. The normalized spacial score (nSPS) is 15.0. The molecule has 0 radical (unpaired) electrons. The number of hydrogen-bond donors (Lipinski definition) is 0. The van der Waals surface area contributed by atoms with Gasteiger partial charge < -0.3 is 14.2 Å². The molecule has 3 rings (SSSR count). The van der Waals surface area contributed by atoms with Crippen LogP contribution in [0.25, 0.3) is 6.08 Å². The van der Waals surface area contributed by atoms with Gasteiger partial charge in [-0.2, -0.15) is 0 Å². The van der Waals surface area contributed by atoms with E-state index in [1.54, 1.807) is 37.5 Å². The standard InChI is InChI=1S/C20H18FNO4/c1-3-9-25-17-8-7-13(11-18(17)24-2)10-16-20(23)26-19(22-16)14-5-4-6-15(21)12-14/h4-8,10-12H,3,9H2,1-2H3/b16-10-. The van der Waals surface area contributed by atoms with Gasteiger partial charge in [0.2, 0.25) is 5.90 Å².